The van der Waals surface area contributed by atoms with Crippen molar-refractivity contribution < 1.29 is 9.18 Å². The van der Waals surface area contributed by atoms with Crippen LogP contribution in [0.1, 0.15) is 5.56 Å². The van der Waals surface area contributed by atoms with Gasteiger partial charge in [0.15, 0.2) is 5.78 Å². The van der Waals surface area contributed by atoms with Crippen molar-refractivity contribution >= 4 is 29.8 Å². The lowest BCUT2D eigenvalue weighted by atomic mass is 10.1. The minimum atomic E-state index is -0.481. The molecule has 5 heteroatoms. The van der Waals surface area contributed by atoms with Crippen LogP contribution < -0.4 is 5.73 Å². The summed E-state index contributed by atoms with van der Waals surface area (Å²) >= 11 is 5.52. The predicted octanol–water partition coefficient (Wildman–Crippen LogP) is 1.97. The molecular formula is C9H10Cl2FNO. The van der Waals surface area contributed by atoms with Gasteiger partial charge in [-0.15, -0.1) is 12.4 Å². The molecule has 0 saturated heterocycles. The summed E-state index contributed by atoms with van der Waals surface area (Å²) in [7, 11) is 0. The Morgan fingerprint density at radius 1 is 1.50 bits per heavy atom. The van der Waals surface area contributed by atoms with Gasteiger partial charge in [-0.2, -0.15) is 0 Å². The smallest absolute Gasteiger partial charge is 0.150 e. The Labute approximate surface area is 92.6 Å². The molecule has 1 aromatic rings. The van der Waals surface area contributed by atoms with Gasteiger partial charge in [0, 0.05) is 6.42 Å². The molecule has 0 amide bonds. The van der Waals surface area contributed by atoms with Gasteiger partial charge in [-0.1, -0.05) is 17.7 Å². The molecule has 0 unspecified atom stereocenters. The number of hydrogen-bond acceptors (Lipinski definition) is 2. The van der Waals surface area contributed by atoms with Gasteiger partial charge in [-0.25, -0.2) is 4.39 Å². The molecule has 0 aliphatic heterocycles. The highest BCUT2D eigenvalue weighted by Gasteiger charge is 2.04. The Kier molecular flexibility index (Phi) is 5.69. The molecule has 0 aliphatic carbocycles. The van der Waals surface area contributed by atoms with E-state index in [0.717, 1.165) is 0 Å². The number of hydrogen-bond donors (Lipinski definition) is 1. The number of ketones is 1. The van der Waals surface area contributed by atoms with Crippen molar-refractivity contribution in [2.75, 3.05) is 6.54 Å². The van der Waals surface area contributed by atoms with Crippen LogP contribution in [-0.4, -0.2) is 12.3 Å². The molecular weight excluding hydrogens is 228 g/mol. The normalized spacial score (nSPS) is 9.36. The highest BCUT2D eigenvalue weighted by Crippen LogP contribution is 2.16. The number of halogens is 3. The Morgan fingerprint density at radius 3 is 2.64 bits per heavy atom. The predicted molar refractivity (Wildman–Crippen MR) is 56.4 cm³/mol. The molecule has 1 aromatic carbocycles. The van der Waals surface area contributed by atoms with E-state index in [1.165, 1.54) is 18.2 Å². The summed E-state index contributed by atoms with van der Waals surface area (Å²) in [4.78, 5) is 10.9. The van der Waals surface area contributed by atoms with E-state index in [-0.39, 0.29) is 36.2 Å². The lowest BCUT2D eigenvalue weighted by Crippen LogP contribution is -2.15. The van der Waals surface area contributed by atoms with Crippen molar-refractivity contribution in [3.05, 3.63) is 34.6 Å². The fourth-order valence-electron chi connectivity index (χ4n) is 0.949. The number of Topliss-reactive ketones (excluding diaryl/α,β-unsaturated/α-hetero) is 1. The summed E-state index contributed by atoms with van der Waals surface area (Å²) in [5.74, 6) is -0.576. The molecule has 2 N–H and O–H groups in total. The maximum atomic E-state index is 12.7. The summed E-state index contributed by atoms with van der Waals surface area (Å²) in [6.45, 7) is -0.00496. The van der Waals surface area contributed by atoms with Gasteiger partial charge in [-0.3, -0.25) is 4.79 Å². The van der Waals surface area contributed by atoms with Crippen molar-refractivity contribution in [2.45, 2.75) is 6.42 Å². The first-order chi connectivity index (χ1) is 6.13. The Morgan fingerprint density at radius 2 is 2.14 bits per heavy atom. The zero-order valence-corrected chi connectivity index (χ0v) is 8.87. The minimum Gasteiger partial charge on any atom is -0.324 e. The minimum absolute atomic E-state index is 0. The first-order valence-electron chi connectivity index (χ1n) is 3.79. The van der Waals surface area contributed by atoms with Gasteiger partial charge in [0.1, 0.15) is 5.82 Å². The molecule has 2 nitrogen and oxygen atoms in total. The summed E-state index contributed by atoms with van der Waals surface area (Å²) in [5.41, 5.74) is 5.81. The van der Waals surface area contributed by atoms with Crippen LogP contribution in [0.4, 0.5) is 4.39 Å². The number of carbonyl (C=O) groups is 1. The van der Waals surface area contributed by atoms with E-state index in [1.54, 1.807) is 0 Å². The highest BCUT2D eigenvalue weighted by atomic mass is 35.5. The molecule has 0 aromatic heterocycles. The molecule has 0 saturated carbocycles. The molecule has 0 fully saturated rings. The van der Waals surface area contributed by atoms with Gasteiger partial charge in [0.05, 0.1) is 11.6 Å². The second-order valence-electron chi connectivity index (χ2n) is 2.67. The van der Waals surface area contributed by atoms with Crippen molar-refractivity contribution in [2.24, 2.45) is 5.73 Å². The quantitative estimate of drug-likeness (QED) is 0.874. The van der Waals surface area contributed by atoms with Crippen LogP contribution in [0.2, 0.25) is 5.02 Å². The molecule has 0 bridgehead atoms. The van der Waals surface area contributed by atoms with Crippen molar-refractivity contribution in [3.63, 3.8) is 0 Å². The summed E-state index contributed by atoms with van der Waals surface area (Å²) < 4.78 is 12.7. The van der Waals surface area contributed by atoms with Crippen molar-refractivity contribution in [3.8, 4) is 0 Å². The number of nitrogens with two attached hydrogens (primary N) is 1. The fourth-order valence-corrected chi connectivity index (χ4v) is 1.15. The molecule has 0 atom stereocenters. The first kappa shape index (κ1) is 13.4. The second-order valence-corrected chi connectivity index (χ2v) is 3.08. The van der Waals surface area contributed by atoms with Gasteiger partial charge < -0.3 is 5.73 Å². The highest BCUT2D eigenvalue weighted by molar-refractivity contribution is 6.30. The molecule has 0 radical (unpaired) electrons. The van der Waals surface area contributed by atoms with E-state index in [1.807, 2.05) is 0 Å². The van der Waals surface area contributed by atoms with E-state index >= 15 is 0 Å². The largest absolute Gasteiger partial charge is 0.324 e. The molecule has 0 aliphatic rings. The third-order valence-electron chi connectivity index (χ3n) is 1.61. The molecule has 0 spiro atoms. The summed E-state index contributed by atoms with van der Waals surface area (Å²) in [6.07, 6.45) is 0.205. The number of benzene rings is 1. The molecule has 14 heavy (non-hydrogen) atoms. The van der Waals surface area contributed by atoms with Crippen LogP contribution in [-0.2, 0) is 11.2 Å². The van der Waals surface area contributed by atoms with E-state index in [9.17, 15) is 9.18 Å². The first-order valence-corrected chi connectivity index (χ1v) is 4.17. The average Bonchev–Trinajstić information content (AvgIpc) is 2.11. The van der Waals surface area contributed by atoms with E-state index in [4.69, 9.17) is 17.3 Å². The molecule has 1 rings (SSSR count). The third kappa shape index (κ3) is 3.62. The molecule has 78 valence electrons. The van der Waals surface area contributed by atoms with Crippen molar-refractivity contribution in [1.82, 2.24) is 0 Å². The maximum absolute atomic E-state index is 12.7. The van der Waals surface area contributed by atoms with Crippen LogP contribution in [0.3, 0.4) is 0 Å². The topological polar surface area (TPSA) is 43.1 Å². The summed E-state index contributed by atoms with van der Waals surface area (Å²) in [5, 5.41) is 0.0299. The van der Waals surface area contributed by atoms with Gasteiger partial charge in [0.25, 0.3) is 0 Å². The fraction of sp³-hybridized carbons (Fsp3) is 0.222. The van der Waals surface area contributed by atoms with E-state index < -0.39 is 5.82 Å². The average molecular weight is 238 g/mol. The monoisotopic (exact) mass is 237 g/mol. The second kappa shape index (κ2) is 5.96. The van der Waals surface area contributed by atoms with Crippen LogP contribution in [0.5, 0.6) is 0 Å². The number of carbonyl (C=O) groups excluding carboxylic acids is 1. The van der Waals surface area contributed by atoms with Crippen LogP contribution in [0.15, 0.2) is 18.2 Å². The lowest BCUT2D eigenvalue weighted by Gasteiger charge is -2.00. The zero-order chi connectivity index (χ0) is 9.84. The van der Waals surface area contributed by atoms with Gasteiger partial charge in [-0.05, 0) is 17.7 Å². The van der Waals surface area contributed by atoms with Crippen LogP contribution in [0, 0.1) is 5.82 Å². The maximum Gasteiger partial charge on any atom is 0.150 e. The van der Waals surface area contributed by atoms with E-state index in [2.05, 4.69) is 0 Å². The number of rotatable bonds is 3. The zero-order valence-electron chi connectivity index (χ0n) is 7.30. The summed E-state index contributed by atoms with van der Waals surface area (Å²) in [6, 6.07) is 4.20. The lowest BCUT2D eigenvalue weighted by molar-refractivity contribution is -0.117. The SMILES string of the molecule is Cl.NCC(=O)Cc1ccc(F)c(Cl)c1. The van der Waals surface area contributed by atoms with Gasteiger partial charge >= 0.3 is 0 Å². The van der Waals surface area contributed by atoms with E-state index in [0.29, 0.717) is 5.56 Å². The Bertz CT molecular complexity index is 331. The van der Waals surface area contributed by atoms with Crippen LogP contribution >= 0.6 is 24.0 Å². The van der Waals surface area contributed by atoms with Crippen molar-refractivity contribution in [1.29, 1.82) is 0 Å². The standard InChI is InChI=1S/C9H9ClFNO.ClH/c10-8-4-6(1-2-9(8)11)3-7(13)5-12;/h1-2,4H,3,5,12H2;1H. The van der Waals surface area contributed by atoms with Gasteiger partial charge in [0.2, 0.25) is 0 Å². The third-order valence-corrected chi connectivity index (χ3v) is 1.90. The van der Waals surface area contributed by atoms with Crippen LogP contribution in [0.25, 0.3) is 0 Å². The Hall–Kier alpha value is -0.640. The molecule has 0 heterocycles. The Balaban J connectivity index is 0.00000169.